The lowest BCUT2D eigenvalue weighted by Crippen LogP contribution is -2.52. The molecule has 1 aliphatic rings. The van der Waals surface area contributed by atoms with Crippen molar-refractivity contribution < 1.29 is 19.0 Å². The molecule has 5 heteroatoms. The lowest BCUT2D eigenvalue weighted by Gasteiger charge is -2.34. The molecule has 0 saturated carbocycles. The monoisotopic (exact) mass is 259 g/mol. The van der Waals surface area contributed by atoms with Gasteiger partial charge in [0, 0.05) is 13.1 Å². The van der Waals surface area contributed by atoms with Crippen molar-refractivity contribution in [3.05, 3.63) is 0 Å². The molecule has 1 rings (SSSR count). The molecule has 0 radical (unpaired) electrons. The molecule has 5 nitrogen and oxygen atoms in total. The molecule has 1 heterocycles. The molecule has 106 valence electrons. The Morgan fingerprint density at radius 3 is 2.67 bits per heavy atom. The van der Waals surface area contributed by atoms with Crippen molar-refractivity contribution in [2.75, 3.05) is 32.9 Å². The predicted molar refractivity (Wildman–Crippen MR) is 68.5 cm³/mol. The molecule has 1 aliphatic heterocycles. The zero-order chi connectivity index (χ0) is 13.5. The number of morpholine rings is 1. The van der Waals surface area contributed by atoms with Crippen molar-refractivity contribution in [2.24, 2.45) is 0 Å². The van der Waals surface area contributed by atoms with Crippen LogP contribution < -0.4 is 0 Å². The van der Waals surface area contributed by atoms with Crippen LogP contribution in [0.2, 0.25) is 0 Å². The third kappa shape index (κ3) is 5.33. The Bertz CT molecular complexity index is 255. The van der Waals surface area contributed by atoms with Crippen LogP contribution in [0.4, 0.5) is 0 Å². The Morgan fingerprint density at radius 1 is 1.33 bits per heavy atom. The van der Waals surface area contributed by atoms with Gasteiger partial charge in [0.25, 0.3) is 0 Å². The predicted octanol–water partition coefficient (Wildman–Crippen LogP) is 1.06. The van der Waals surface area contributed by atoms with Gasteiger partial charge in [-0.3, -0.25) is 9.69 Å². The van der Waals surface area contributed by atoms with Gasteiger partial charge in [0.15, 0.2) is 0 Å². The second kappa shape index (κ2) is 7.71. The van der Waals surface area contributed by atoms with Crippen molar-refractivity contribution in [2.45, 2.75) is 45.9 Å². The minimum Gasteiger partial charge on any atom is -0.462 e. The van der Waals surface area contributed by atoms with Gasteiger partial charge in [-0.1, -0.05) is 0 Å². The van der Waals surface area contributed by atoms with Crippen LogP contribution in [0.15, 0.2) is 0 Å². The molecule has 18 heavy (non-hydrogen) atoms. The fourth-order valence-electron chi connectivity index (χ4n) is 1.84. The van der Waals surface area contributed by atoms with Crippen molar-refractivity contribution in [1.29, 1.82) is 0 Å². The first-order chi connectivity index (χ1) is 8.50. The maximum absolute atomic E-state index is 11.9. The fraction of sp³-hybridized carbons (Fsp3) is 0.923. The van der Waals surface area contributed by atoms with Crippen molar-refractivity contribution in [3.8, 4) is 0 Å². The van der Waals surface area contributed by atoms with E-state index in [1.54, 1.807) is 0 Å². The summed E-state index contributed by atoms with van der Waals surface area (Å²) >= 11 is 0. The standard InChI is InChI=1S/C13H25NO4/c1-10(2)17-8-6-14-5-7-16-9-12(14)13(15)18-11(3)4/h10-12H,5-9H2,1-4H3/t12-/m1/s1. The average Bonchev–Trinajstić information content (AvgIpc) is 2.28. The van der Waals surface area contributed by atoms with E-state index in [9.17, 15) is 4.79 Å². The highest BCUT2D eigenvalue weighted by atomic mass is 16.5. The lowest BCUT2D eigenvalue weighted by molar-refractivity contribution is -0.160. The average molecular weight is 259 g/mol. The molecule has 0 bridgehead atoms. The van der Waals surface area contributed by atoms with Crippen molar-refractivity contribution in [1.82, 2.24) is 4.90 Å². The Balaban J connectivity index is 2.43. The second-order valence-corrected chi connectivity index (χ2v) is 5.03. The van der Waals surface area contributed by atoms with E-state index in [0.717, 1.165) is 13.1 Å². The number of ether oxygens (including phenoxy) is 3. The maximum Gasteiger partial charge on any atom is 0.326 e. The van der Waals surface area contributed by atoms with E-state index in [2.05, 4.69) is 4.90 Å². The van der Waals surface area contributed by atoms with Crippen LogP contribution in [0.5, 0.6) is 0 Å². The van der Waals surface area contributed by atoms with Gasteiger partial charge in [-0.05, 0) is 27.7 Å². The van der Waals surface area contributed by atoms with Crippen LogP contribution in [0.3, 0.4) is 0 Å². The zero-order valence-corrected chi connectivity index (χ0v) is 11.8. The number of carbonyl (C=O) groups excluding carboxylic acids is 1. The number of hydrogen-bond donors (Lipinski definition) is 0. The molecule has 0 aromatic carbocycles. The second-order valence-electron chi connectivity index (χ2n) is 5.03. The summed E-state index contributed by atoms with van der Waals surface area (Å²) in [6.45, 7) is 10.9. The number of rotatable bonds is 6. The number of nitrogens with zero attached hydrogens (tertiary/aromatic N) is 1. The highest BCUT2D eigenvalue weighted by Crippen LogP contribution is 2.10. The summed E-state index contributed by atoms with van der Waals surface area (Å²) in [5, 5.41) is 0. The molecule has 0 aliphatic carbocycles. The molecule has 0 aromatic rings. The van der Waals surface area contributed by atoms with Crippen LogP contribution in [0.1, 0.15) is 27.7 Å². The first kappa shape index (κ1) is 15.4. The molecule has 1 atom stereocenters. The largest absolute Gasteiger partial charge is 0.462 e. The number of esters is 1. The van der Waals surface area contributed by atoms with Crippen molar-refractivity contribution >= 4 is 5.97 Å². The molecule has 1 fully saturated rings. The fourth-order valence-corrected chi connectivity index (χ4v) is 1.84. The van der Waals surface area contributed by atoms with Gasteiger partial charge < -0.3 is 14.2 Å². The molecule has 0 amide bonds. The molecule has 0 unspecified atom stereocenters. The number of carbonyl (C=O) groups is 1. The van der Waals surface area contributed by atoms with Gasteiger partial charge in [-0.25, -0.2) is 0 Å². The molecule has 0 spiro atoms. The minimum absolute atomic E-state index is 0.0896. The smallest absolute Gasteiger partial charge is 0.326 e. The van der Waals surface area contributed by atoms with E-state index in [4.69, 9.17) is 14.2 Å². The summed E-state index contributed by atoms with van der Waals surface area (Å²) in [7, 11) is 0. The lowest BCUT2D eigenvalue weighted by atomic mass is 10.2. The summed E-state index contributed by atoms with van der Waals surface area (Å²) in [4.78, 5) is 14.0. The molecule has 0 aromatic heterocycles. The zero-order valence-electron chi connectivity index (χ0n) is 11.8. The SMILES string of the molecule is CC(C)OCCN1CCOC[C@@H]1C(=O)OC(C)C. The topological polar surface area (TPSA) is 48.0 Å². The third-order valence-corrected chi connectivity index (χ3v) is 2.69. The molecule has 0 N–H and O–H groups in total. The summed E-state index contributed by atoms with van der Waals surface area (Å²) in [5.41, 5.74) is 0. The van der Waals surface area contributed by atoms with Gasteiger partial charge in [0.05, 0.1) is 32.0 Å². The minimum atomic E-state index is -0.295. The normalized spacial score (nSPS) is 21.6. The van der Waals surface area contributed by atoms with E-state index in [1.807, 2.05) is 27.7 Å². The summed E-state index contributed by atoms with van der Waals surface area (Å²) < 4.78 is 16.1. The van der Waals surface area contributed by atoms with Crippen LogP contribution >= 0.6 is 0 Å². The Labute approximate surface area is 109 Å². The summed E-state index contributed by atoms with van der Waals surface area (Å²) in [6.07, 6.45) is 0.125. The Morgan fingerprint density at radius 2 is 2.06 bits per heavy atom. The molecular formula is C13H25NO4. The quantitative estimate of drug-likeness (QED) is 0.668. The highest BCUT2D eigenvalue weighted by Gasteiger charge is 2.30. The van der Waals surface area contributed by atoms with E-state index in [1.165, 1.54) is 0 Å². The van der Waals surface area contributed by atoms with E-state index < -0.39 is 0 Å². The van der Waals surface area contributed by atoms with E-state index >= 15 is 0 Å². The molecular weight excluding hydrogens is 234 g/mol. The van der Waals surface area contributed by atoms with Crippen LogP contribution in [0, 0.1) is 0 Å². The van der Waals surface area contributed by atoms with E-state index in [0.29, 0.717) is 19.8 Å². The summed E-state index contributed by atoms with van der Waals surface area (Å²) in [6, 6.07) is -0.295. The van der Waals surface area contributed by atoms with Crippen LogP contribution in [-0.2, 0) is 19.0 Å². The van der Waals surface area contributed by atoms with Gasteiger partial charge in [0.2, 0.25) is 0 Å². The maximum atomic E-state index is 11.9. The summed E-state index contributed by atoms with van der Waals surface area (Å²) in [5.74, 6) is -0.200. The first-order valence-corrected chi connectivity index (χ1v) is 6.64. The van der Waals surface area contributed by atoms with Gasteiger partial charge in [-0.2, -0.15) is 0 Å². The first-order valence-electron chi connectivity index (χ1n) is 6.64. The van der Waals surface area contributed by atoms with Crippen LogP contribution in [-0.4, -0.2) is 62.0 Å². The third-order valence-electron chi connectivity index (χ3n) is 2.69. The van der Waals surface area contributed by atoms with Gasteiger partial charge >= 0.3 is 5.97 Å². The highest BCUT2D eigenvalue weighted by molar-refractivity contribution is 5.76. The van der Waals surface area contributed by atoms with Gasteiger partial charge in [0.1, 0.15) is 6.04 Å². The number of hydrogen-bond acceptors (Lipinski definition) is 5. The Hall–Kier alpha value is -0.650. The molecule has 1 saturated heterocycles. The van der Waals surface area contributed by atoms with Crippen LogP contribution in [0.25, 0.3) is 0 Å². The Kier molecular flexibility index (Phi) is 6.60. The van der Waals surface area contributed by atoms with Gasteiger partial charge in [-0.15, -0.1) is 0 Å². The van der Waals surface area contributed by atoms with E-state index in [-0.39, 0.29) is 24.2 Å². The van der Waals surface area contributed by atoms with Crippen molar-refractivity contribution in [3.63, 3.8) is 0 Å².